The highest BCUT2D eigenvalue weighted by atomic mass is 16.6. The van der Waals surface area contributed by atoms with Crippen molar-refractivity contribution in [2.75, 3.05) is 6.61 Å². The Morgan fingerprint density at radius 1 is 1.30 bits per heavy atom. The normalized spacial score (nSPS) is 13.5. The Labute approximate surface area is 63.2 Å². The van der Waals surface area contributed by atoms with E-state index in [4.69, 9.17) is 9.84 Å². The van der Waals surface area contributed by atoms with Gasteiger partial charge in [-0.25, -0.2) is 0 Å². The molecule has 10 heavy (non-hydrogen) atoms. The molecule has 0 amide bonds. The van der Waals surface area contributed by atoms with Crippen LogP contribution in [0.5, 0.6) is 0 Å². The van der Waals surface area contributed by atoms with Crippen LogP contribution >= 0.6 is 0 Å². The van der Waals surface area contributed by atoms with E-state index >= 15 is 0 Å². The van der Waals surface area contributed by atoms with Gasteiger partial charge in [-0.2, -0.15) is 0 Å². The van der Waals surface area contributed by atoms with Crippen LogP contribution in [0.2, 0.25) is 0 Å². The lowest BCUT2D eigenvalue weighted by Crippen LogP contribution is -2.10. The van der Waals surface area contributed by atoms with Crippen LogP contribution in [0.25, 0.3) is 0 Å². The summed E-state index contributed by atoms with van der Waals surface area (Å²) in [6.45, 7) is 4.64. The maximum absolute atomic E-state index is 9.05. The summed E-state index contributed by atoms with van der Waals surface area (Å²) in [6.07, 6.45) is 3.69. The van der Waals surface area contributed by atoms with E-state index in [-0.39, 0.29) is 0 Å². The fraction of sp³-hybridized carbons (Fsp3) is 1.00. The molecule has 0 aliphatic carbocycles. The molecular formula is C8H18O2. The molecule has 0 aliphatic heterocycles. The summed E-state index contributed by atoms with van der Waals surface area (Å²) >= 11 is 0. The molecule has 0 saturated heterocycles. The van der Waals surface area contributed by atoms with Crippen molar-refractivity contribution in [3.63, 3.8) is 0 Å². The number of unbranched alkanes of at least 4 members (excludes halogenated alkanes) is 2. The summed E-state index contributed by atoms with van der Waals surface area (Å²) < 4.78 is 4.94. The molecule has 0 rings (SSSR count). The van der Waals surface area contributed by atoms with Gasteiger partial charge in [0.25, 0.3) is 0 Å². The van der Waals surface area contributed by atoms with Crippen LogP contribution in [-0.4, -0.2) is 18.0 Å². The molecule has 0 fully saturated rings. The van der Waals surface area contributed by atoms with Crippen LogP contribution in [0, 0.1) is 0 Å². The summed E-state index contributed by atoms with van der Waals surface area (Å²) in [6, 6.07) is 0. The van der Waals surface area contributed by atoms with Crippen LogP contribution in [0.1, 0.15) is 39.5 Å². The van der Waals surface area contributed by atoms with Crippen LogP contribution in [-0.2, 0) is 4.74 Å². The van der Waals surface area contributed by atoms with E-state index in [2.05, 4.69) is 6.92 Å². The van der Waals surface area contributed by atoms with Crippen molar-refractivity contribution >= 4 is 0 Å². The minimum absolute atomic E-state index is 0.531. The Morgan fingerprint density at radius 2 is 2.00 bits per heavy atom. The Kier molecular flexibility index (Phi) is 6.98. The lowest BCUT2D eigenvalue weighted by atomic mass is 10.2. The standard InChI is InChI=1S/C8H18O2/c1-3-5-6-7-8(9)10-4-2/h8-9H,3-7H2,1-2H3. The molecule has 0 aliphatic rings. The first-order chi connectivity index (χ1) is 4.81. The Bertz CT molecular complexity index is 64.3. The number of aliphatic hydroxyl groups is 1. The summed E-state index contributed by atoms with van der Waals surface area (Å²) in [4.78, 5) is 0. The zero-order valence-corrected chi connectivity index (χ0v) is 6.97. The van der Waals surface area contributed by atoms with E-state index in [0.29, 0.717) is 6.61 Å². The van der Waals surface area contributed by atoms with E-state index < -0.39 is 6.29 Å². The predicted molar refractivity (Wildman–Crippen MR) is 41.8 cm³/mol. The van der Waals surface area contributed by atoms with Crippen LogP contribution in [0.15, 0.2) is 0 Å². The van der Waals surface area contributed by atoms with Crippen molar-refractivity contribution in [1.29, 1.82) is 0 Å². The smallest absolute Gasteiger partial charge is 0.154 e. The average molecular weight is 146 g/mol. The topological polar surface area (TPSA) is 29.5 Å². The van der Waals surface area contributed by atoms with Gasteiger partial charge in [-0.3, -0.25) is 0 Å². The zero-order valence-electron chi connectivity index (χ0n) is 6.97. The van der Waals surface area contributed by atoms with Crippen molar-refractivity contribution in [1.82, 2.24) is 0 Å². The number of ether oxygens (including phenoxy) is 1. The summed E-state index contributed by atoms with van der Waals surface area (Å²) in [5.74, 6) is 0. The van der Waals surface area contributed by atoms with Crippen LogP contribution in [0.4, 0.5) is 0 Å². The molecule has 1 N–H and O–H groups in total. The first-order valence-electron chi connectivity index (χ1n) is 4.11. The molecule has 2 nitrogen and oxygen atoms in total. The minimum Gasteiger partial charge on any atom is -0.368 e. The monoisotopic (exact) mass is 146 g/mol. The molecule has 0 radical (unpaired) electrons. The van der Waals surface area contributed by atoms with Crippen LogP contribution in [0.3, 0.4) is 0 Å². The molecule has 0 spiro atoms. The summed E-state index contributed by atoms with van der Waals surface area (Å²) in [7, 11) is 0. The molecule has 0 aromatic rings. The van der Waals surface area contributed by atoms with E-state index in [0.717, 1.165) is 12.8 Å². The van der Waals surface area contributed by atoms with Gasteiger partial charge < -0.3 is 9.84 Å². The molecular weight excluding hydrogens is 128 g/mol. The van der Waals surface area contributed by atoms with Gasteiger partial charge in [0, 0.05) is 6.61 Å². The molecule has 1 atom stereocenters. The van der Waals surface area contributed by atoms with Crippen molar-refractivity contribution in [3.8, 4) is 0 Å². The number of aliphatic hydroxyl groups excluding tert-OH is 1. The van der Waals surface area contributed by atoms with E-state index in [9.17, 15) is 0 Å². The van der Waals surface area contributed by atoms with Crippen molar-refractivity contribution in [3.05, 3.63) is 0 Å². The molecule has 2 heteroatoms. The maximum atomic E-state index is 9.05. The van der Waals surface area contributed by atoms with Crippen molar-refractivity contribution in [2.45, 2.75) is 45.8 Å². The second kappa shape index (κ2) is 7.03. The highest BCUT2D eigenvalue weighted by Gasteiger charge is 2.00. The lowest BCUT2D eigenvalue weighted by Gasteiger charge is -2.08. The van der Waals surface area contributed by atoms with Crippen molar-refractivity contribution in [2.24, 2.45) is 0 Å². The molecule has 0 aromatic heterocycles. The summed E-state index contributed by atoms with van der Waals surface area (Å²) in [5.41, 5.74) is 0. The average Bonchev–Trinajstić information content (AvgIpc) is 1.89. The Morgan fingerprint density at radius 3 is 2.50 bits per heavy atom. The third kappa shape index (κ3) is 6.05. The fourth-order valence-electron chi connectivity index (χ4n) is 0.845. The first-order valence-corrected chi connectivity index (χ1v) is 4.11. The molecule has 1 unspecified atom stereocenters. The third-order valence-corrected chi connectivity index (χ3v) is 1.41. The van der Waals surface area contributed by atoms with Gasteiger partial charge in [0.05, 0.1) is 0 Å². The van der Waals surface area contributed by atoms with Gasteiger partial charge in [-0.05, 0) is 19.8 Å². The molecule has 0 saturated carbocycles. The van der Waals surface area contributed by atoms with E-state index in [1.54, 1.807) is 0 Å². The number of rotatable bonds is 6. The fourth-order valence-corrected chi connectivity index (χ4v) is 0.845. The van der Waals surface area contributed by atoms with E-state index in [1.165, 1.54) is 12.8 Å². The molecule has 62 valence electrons. The second-order valence-corrected chi connectivity index (χ2v) is 2.41. The van der Waals surface area contributed by atoms with Gasteiger partial charge in [-0.15, -0.1) is 0 Å². The van der Waals surface area contributed by atoms with Crippen LogP contribution < -0.4 is 0 Å². The van der Waals surface area contributed by atoms with Gasteiger partial charge in [0.2, 0.25) is 0 Å². The number of hydrogen-bond acceptors (Lipinski definition) is 2. The maximum Gasteiger partial charge on any atom is 0.154 e. The highest BCUT2D eigenvalue weighted by Crippen LogP contribution is 2.03. The summed E-state index contributed by atoms with van der Waals surface area (Å²) in [5, 5.41) is 9.05. The SMILES string of the molecule is CCCCCC(O)OCC. The lowest BCUT2D eigenvalue weighted by molar-refractivity contribution is -0.0993. The van der Waals surface area contributed by atoms with Crippen molar-refractivity contribution < 1.29 is 9.84 Å². The third-order valence-electron chi connectivity index (χ3n) is 1.41. The molecule has 0 aromatic carbocycles. The molecule has 0 heterocycles. The van der Waals surface area contributed by atoms with E-state index in [1.807, 2.05) is 6.92 Å². The quantitative estimate of drug-likeness (QED) is 0.458. The molecule has 0 bridgehead atoms. The van der Waals surface area contributed by atoms with Gasteiger partial charge in [0.15, 0.2) is 6.29 Å². The Balaban J connectivity index is 2.97. The predicted octanol–water partition coefficient (Wildman–Crippen LogP) is 1.92. The highest BCUT2D eigenvalue weighted by molar-refractivity contribution is 4.43. The van der Waals surface area contributed by atoms with Gasteiger partial charge in [-0.1, -0.05) is 19.8 Å². The van der Waals surface area contributed by atoms with Gasteiger partial charge >= 0.3 is 0 Å². The Hall–Kier alpha value is -0.0800. The largest absolute Gasteiger partial charge is 0.368 e. The zero-order chi connectivity index (χ0) is 7.82. The second-order valence-electron chi connectivity index (χ2n) is 2.41. The minimum atomic E-state index is -0.531. The first kappa shape index (κ1) is 9.92. The number of hydrogen-bond donors (Lipinski definition) is 1. The van der Waals surface area contributed by atoms with Gasteiger partial charge in [0.1, 0.15) is 0 Å².